The van der Waals surface area contributed by atoms with Gasteiger partial charge in [0.2, 0.25) is 11.7 Å². The van der Waals surface area contributed by atoms with Gasteiger partial charge in [-0.25, -0.2) is 4.39 Å². The molecule has 0 atom stereocenters. The highest BCUT2D eigenvalue weighted by Gasteiger charge is 2.28. The van der Waals surface area contributed by atoms with E-state index in [1.54, 1.807) is 4.90 Å². The van der Waals surface area contributed by atoms with Crippen molar-refractivity contribution in [3.05, 3.63) is 70.8 Å². The molecule has 1 aromatic heterocycles. The molecule has 4 rings (SSSR count). The fraction of sp³-hybridized carbons (Fsp3) is 0.250. The van der Waals surface area contributed by atoms with Gasteiger partial charge in [0.05, 0.1) is 5.02 Å². The van der Waals surface area contributed by atoms with Crippen LogP contribution in [-0.2, 0) is 0 Å². The molecule has 1 saturated heterocycles. The third-order valence-corrected chi connectivity index (χ3v) is 5.06. The van der Waals surface area contributed by atoms with Gasteiger partial charge in [-0.15, -0.1) is 0 Å². The van der Waals surface area contributed by atoms with Gasteiger partial charge in [-0.3, -0.25) is 4.79 Å². The topological polar surface area (TPSA) is 59.2 Å². The summed E-state index contributed by atoms with van der Waals surface area (Å²) >= 11 is 5.78. The van der Waals surface area contributed by atoms with Gasteiger partial charge in [-0.1, -0.05) is 47.1 Å². The smallest absolute Gasteiger partial charge is 0.253 e. The lowest BCUT2D eigenvalue weighted by Gasteiger charge is -2.30. The fourth-order valence-corrected chi connectivity index (χ4v) is 3.43. The van der Waals surface area contributed by atoms with Crippen molar-refractivity contribution in [2.24, 2.45) is 0 Å². The number of nitrogens with zero attached hydrogens (tertiary/aromatic N) is 3. The summed E-state index contributed by atoms with van der Waals surface area (Å²) in [7, 11) is 0. The predicted molar refractivity (Wildman–Crippen MR) is 99.0 cm³/mol. The second-order valence-electron chi connectivity index (χ2n) is 6.52. The highest BCUT2D eigenvalue weighted by Crippen LogP contribution is 2.29. The van der Waals surface area contributed by atoms with E-state index in [0.717, 1.165) is 18.4 Å². The van der Waals surface area contributed by atoms with Crippen molar-refractivity contribution in [2.45, 2.75) is 18.8 Å². The second-order valence-corrected chi connectivity index (χ2v) is 6.92. The van der Waals surface area contributed by atoms with E-state index in [-0.39, 0.29) is 16.8 Å². The second kappa shape index (κ2) is 7.48. The Morgan fingerprint density at radius 1 is 1.15 bits per heavy atom. The highest BCUT2D eigenvalue weighted by molar-refractivity contribution is 6.31. The first-order chi connectivity index (χ1) is 13.1. The molecule has 1 fully saturated rings. The number of hydrogen-bond acceptors (Lipinski definition) is 4. The summed E-state index contributed by atoms with van der Waals surface area (Å²) in [5.74, 6) is 0.620. The number of halogens is 2. The number of aromatic nitrogens is 2. The zero-order valence-corrected chi connectivity index (χ0v) is 15.2. The average molecular weight is 386 g/mol. The highest BCUT2D eigenvalue weighted by atomic mass is 35.5. The molecule has 0 radical (unpaired) electrons. The monoisotopic (exact) mass is 385 g/mol. The third kappa shape index (κ3) is 3.71. The largest absolute Gasteiger partial charge is 0.339 e. The van der Waals surface area contributed by atoms with E-state index in [1.165, 1.54) is 18.2 Å². The summed E-state index contributed by atoms with van der Waals surface area (Å²) < 4.78 is 18.7. The van der Waals surface area contributed by atoms with Crippen LogP contribution in [0.4, 0.5) is 4.39 Å². The molecular weight excluding hydrogens is 369 g/mol. The molecule has 5 nitrogen and oxygen atoms in total. The van der Waals surface area contributed by atoms with E-state index in [2.05, 4.69) is 10.1 Å². The van der Waals surface area contributed by atoms with Gasteiger partial charge in [0, 0.05) is 30.1 Å². The minimum absolute atomic E-state index is 0.0463. The van der Waals surface area contributed by atoms with Gasteiger partial charge in [-0.2, -0.15) is 4.98 Å². The first-order valence-electron chi connectivity index (χ1n) is 8.75. The molecule has 1 amide bonds. The van der Waals surface area contributed by atoms with Crippen molar-refractivity contribution in [1.29, 1.82) is 0 Å². The molecule has 0 spiro atoms. The van der Waals surface area contributed by atoms with E-state index in [4.69, 9.17) is 16.1 Å². The summed E-state index contributed by atoms with van der Waals surface area (Å²) in [5.41, 5.74) is 1.30. The molecule has 2 heterocycles. The van der Waals surface area contributed by atoms with Crippen molar-refractivity contribution < 1.29 is 13.7 Å². The van der Waals surface area contributed by atoms with Crippen molar-refractivity contribution in [1.82, 2.24) is 15.0 Å². The minimum atomic E-state index is -0.530. The summed E-state index contributed by atoms with van der Waals surface area (Å²) in [6, 6.07) is 13.7. The molecule has 138 valence electrons. The molecule has 1 aliphatic heterocycles. The Kier molecular flexibility index (Phi) is 4.90. The summed E-state index contributed by atoms with van der Waals surface area (Å²) in [6.07, 6.45) is 1.47. The maximum Gasteiger partial charge on any atom is 0.253 e. The average Bonchev–Trinajstić information content (AvgIpc) is 3.21. The van der Waals surface area contributed by atoms with Crippen molar-refractivity contribution in [3.8, 4) is 11.4 Å². The summed E-state index contributed by atoms with van der Waals surface area (Å²) in [5, 5.41) is 4.02. The zero-order chi connectivity index (χ0) is 18.8. The normalized spacial score (nSPS) is 15.1. The van der Waals surface area contributed by atoms with Gasteiger partial charge < -0.3 is 9.42 Å². The van der Waals surface area contributed by atoms with Crippen molar-refractivity contribution in [3.63, 3.8) is 0 Å². The van der Waals surface area contributed by atoms with Crippen molar-refractivity contribution in [2.75, 3.05) is 13.1 Å². The Balaban J connectivity index is 1.41. The van der Waals surface area contributed by atoms with E-state index in [0.29, 0.717) is 30.4 Å². The fourth-order valence-electron chi connectivity index (χ4n) is 3.25. The molecule has 0 saturated carbocycles. The van der Waals surface area contributed by atoms with Crippen LogP contribution in [0, 0.1) is 5.82 Å². The molecular formula is C20H17ClFN3O2. The summed E-state index contributed by atoms with van der Waals surface area (Å²) in [4.78, 5) is 18.8. The Bertz CT molecular complexity index is 953. The Labute approximate surface area is 160 Å². The number of carbonyl (C=O) groups is 1. The molecule has 7 heteroatoms. The Morgan fingerprint density at radius 2 is 1.89 bits per heavy atom. The molecule has 3 aromatic rings. The minimum Gasteiger partial charge on any atom is -0.339 e. The predicted octanol–water partition coefficient (Wildman–Crippen LogP) is 4.55. The lowest BCUT2D eigenvalue weighted by Crippen LogP contribution is -2.38. The van der Waals surface area contributed by atoms with Gasteiger partial charge in [0.15, 0.2) is 0 Å². The standard InChI is InChI=1S/C20H17ClFN3O2/c21-16-12-15(6-7-17(16)22)20(26)25-10-8-14(9-11-25)19-23-18(24-27-19)13-4-2-1-3-5-13/h1-7,12,14H,8-11H2. The number of hydrogen-bond donors (Lipinski definition) is 0. The number of likely N-dealkylation sites (tertiary alicyclic amines) is 1. The number of rotatable bonds is 3. The van der Waals surface area contributed by atoms with Crippen LogP contribution in [0.3, 0.4) is 0 Å². The molecule has 0 N–H and O–H groups in total. The van der Waals surface area contributed by atoms with Crippen LogP contribution in [-0.4, -0.2) is 34.0 Å². The van der Waals surface area contributed by atoms with E-state index < -0.39 is 5.82 Å². The molecule has 2 aromatic carbocycles. The molecule has 0 aliphatic carbocycles. The van der Waals surface area contributed by atoms with Crippen LogP contribution < -0.4 is 0 Å². The SMILES string of the molecule is O=C(c1ccc(F)c(Cl)c1)N1CCC(c2nc(-c3ccccc3)no2)CC1. The van der Waals surface area contributed by atoms with Gasteiger partial charge in [0.1, 0.15) is 5.82 Å². The quantitative estimate of drug-likeness (QED) is 0.663. The molecule has 0 unspecified atom stereocenters. The zero-order valence-electron chi connectivity index (χ0n) is 14.4. The van der Waals surface area contributed by atoms with Crippen LogP contribution in [0.15, 0.2) is 53.1 Å². The van der Waals surface area contributed by atoms with Crippen molar-refractivity contribution >= 4 is 17.5 Å². The van der Waals surface area contributed by atoms with Crippen LogP contribution in [0.1, 0.15) is 35.0 Å². The maximum atomic E-state index is 13.3. The van der Waals surface area contributed by atoms with Gasteiger partial charge in [0.25, 0.3) is 5.91 Å². The van der Waals surface area contributed by atoms with Crippen LogP contribution in [0.5, 0.6) is 0 Å². The Morgan fingerprint density at radius 3 is 2.59 bits per heavy atom. The number of benzene rings is 2. The van der Waals surface area contributed by atoms with Gasteiger partial charge >= 0.3 is 0 Å². The van der Waals surface area contributed by atoms with E-state index >= 15 is 0 Å². The maximum absolute atomic E-state index is 13.3. The molecule has 27 heavy (non-hydrogen) atoms. The molecule has 1 aliphatic rings. The van der Waals surface area contributed by atoms with Crippen LogP contribution in [0.25, 0.3) is 11.4 Å². The van der Waals surface area contributed by atoms with Crippen LogP contribution in [0.2, 0.25) is 5.02 Å². The van der Waals surface area contributed by atoms with E-state index in [9.17, 15) is 9.18 Å². The Hall–Kier alpha value is -2.73. The summed E-state index contributed by atoms with van der Waals surface area (Å²) in [6.45, 7) is 1.14. The number of amides is 1. The van der Waals surface area contributed by atoms with E-state index in [1.807, 2.05) is 30.3 Å². The number of carbonyl (C=O) groups excluding carboxylic acids is 1. The lowest BCUT2D eigenvalue weighted by molar-refractivity contribution is 0.0704. The van der Waals surface area contributed by atoms with Gasteiger partial charge in [-0.05, 0) is 31.0 Å². The first kappa shape index (κ1) is 17.7. The lowest BCUT2D eigenvalue weighted by atomic mass is 9.96. The number of piperidine rings is 1. The third-order valence-electron chi connectivity index (χ3n) is 4.77. The first-order valence-corrected chi connectivity index (χ1v) is 9.13. The molecule has 0 bridgehead atoms. The van der Waals surface area contributed by atoms with Crippen LogP contribution >= 0.6 is 11.6 Å².